The van der Waals surface area contributed by atoms with Crippen LogP contribution in [0.1, 0.15) is 194 Å². The van der Waals surface area contributed by atoms with Crippen LogP contribution >= 0.6 is 7.82 Å². The number of rotatable bonds is 42. The average molecular weight is 822 g/mol. The quantitative estimate of drug-likeness (QED) is 0.0267. The molecule has 330 valence electrons. The van der Waals surface area contributed by atoms with Crippen LogP contribution in [-0.2, 0) is 32.7 Å². The Bertz CT molecular complexity index is 1120. The topological polar surface area (TPSA) is 134 Å². The van der Waals surface area contributed by atoms with Crippen molar-refractivity contribution in [3.63, 3.8) is 0 Å². The largest absolute Gasteiger partial charge is 0.472 e. The van der Waals surface area contributed by atoms with E-state index in [1.54, 1.807) is 0 Å². The van der Waals surface area contributed by atoms with Gasteiger partial charge in [-0.3, -0.25) is 18.6 Å². The highest BCUT2D eigenvalue weighted by Crippen LogP contribution is 2.43. The fourth-order valence-electron chi connectivity index (χ4n) is 5.97. The van der Waals surface area contributed by atoms with Gasteiger partial charge in [-0.15, -0.1) is 0 Å². The minimum absolute atomic E-state index is 0.0425. The molecule has 0 aromatic heterocycles. The van der Waals surface area contributed by atoms with Crippen LogP contribution in [0.15, 0.2) is 60.8 Å². The summed E-state index contributed by atoms with van der Waals surface area (Å²) >= 11 is 0. The molecule has 57 heavy (non-hydrogen) atoms. The molecule has 0 aromatic carbocycles. The highest BCUT2D eigenvalue weighted by molar-refractivity contribution is 7.47. The molecule has 0 aliphatic rings. The highest BCUT2D eigenvalue weighted by Gasteiger charge is 2.25. The number of carbonyl (C=O) groups is 2. The van der Waals surface area contributed by atoms with E-state index in [1.807, 2.05) is 6.08 Å². The molecule has 0 saturated carbocycles. The van der Waals surface area contributed by atoms with E-state index in [-0.39, 0.29) is 32.6 Å². The molecule has 0 bridgehead atoms. The molecule has 2 atom stereocenters. The van der Waals surface area contributed by atoms with E-state index in [4.69, 9.17) is 24.3 Å². The van der Waals surface area contributed by atoms with Gasteiger partial charge in [-0.25, -0.2) is 4.57 Å². The Hall–Kier alpha value is -2.29. The van der Waals surface area contributed by atoms with Crippen LogP contribution in [0.25, 0.3) is 0 Å². The van der Waals surface area contributed by atoms with E-state index in [1.165, 1.54) is 116 Å². The SMILES string of the molecule is CCCCC/C=C/C/C=C/C/C=C/C/C=C/CCCC(=O)O[C@H](COC(=O)CCCCCCCCCCC/C=C/CCCCCCCC)COP(=O)(O)OCCN. The maximum absolute atomic E-state index is 12.6. The van der Waals surface area contributed by atoms with Crippen LogP contribution in [0.3, 0.4) is 0 Å². The number of ether oxygens (including phenoxy) is 2. The molecular formula is C47H84NO8P. The van der Waals surface area contributed by atoms with Crippen LogP contribution in [0.2, 0.25) is 0 Å². The second-order valence-electron chi connectivity index (χ2n) is 14.9. The lowest BCUT2D eigenvalue weighted by molar-refractivity contribution is -0.161. The van der Waals surface area contributed by atoms with Crippen molar-refractivity contribution in [1.82, 2.24) is 0 Å². The average Bonchev–Trinajstić information content (AvgIpc) is 3.20. The molecule has 10 heteroatoms. The molecule has 0 amide bonds. The van der Waals surface area contributed by atoms with Gasteiger partial charge in [0.1, 0.15) is 6.61 Å². The molecule has 0 spiro atoms. The first kappa shape index (κ1) is 54.7. The maximum atomic E-state index is 12.6. The van der Waals surface area contributed by atoms with Crippen molar-refractivity contribution >= 4 is 19.8 Å². The minimum Gasteiger partial charge on any atom is -0.462 e. The van der Waals surface area contributed by atoms with Gasteiger partial charge in [0.2, 0.25) is 0 Å². The maximum Gasteiger partial charge on any atom is 0.472 e. The van der Waals surface area contributed by atoms with Gasteiger partial charge in [0.25, 0.3) is 0 Å². The molecule has 1 unspecified atom stereocenters. The lowest BCUT2D eigenvalue weighted by Gasteiger charge is -2.19. The minimum atomic E-state index is -4.40. The molecule has 0 aliphatic heterocycles. The number of esters is 2. The van der Waals surface area contributed by atoms with E-state index < -0.39 is 32.5 Å². The summed E-state index contributed by atoms with van der Waals surface area (Å²) in [5.41, 5.74) is 5.35. The fourth-order valence-corrected chi connectivity index (χ4v) is 6.74. The number of phosphoric acid groups is 1. The monoisotopic (exact) mass is 822 g/mol. The number of allylic oxidation sites excluding steroid dienone is 10. The normalized spacial score (nSPS) is 13.8. The molecule has 0 radical (unpaired) electrons. The molecule has 0 rings (SSSR count). The molecule has 0 aliphatic carbocycles. The van der Waals surface area contributed by atoms with E-state index >= 15 is 0 Å². The lowest BCUT2D eigenvalue weighted by Crippen LogP contribution is -2.29. The lowest BCUT2D eigenvalue weighted by atomic mass is 10.1. The van der Waals surface area contributed by atoms with Crippen LogP contribution in [0, 0.1) is 0 Å². The summed E-state index contributed by atoms with van der Waals surface area (Å²) in [6.07, 6.45) is 51.1. The first-order chi connectivity index (χ1) is 27.8. The predicted octanol–water partition coefficient (Wildman–Crippen LogP) is 13.3. The van der Waals surface area contributed by atoms with Crippen molar-refractivity contribution in [1.29, 1.82) is 0 Å². The van der Waals surface area contributed by atoms with Gasteiger partial charge in [-0.05, 0) is 77.0 Å². The summed E-state index contributed by atoms with van der Waals surface area (Å²) in [7, 11) is -4.40. The van der Waals surface area contributed by atoms with Gasteiger partial charge < -0.3 is 20.1 Å². The van der Waals surface area contributed by atoms with E-state index in [9.17, 15) is 19.0 Å². The van der Waals surface area contributed by atoms with Gasteiger partial charge in [0.15, 0.2) is 6.10 Å². The van der Waals surface area contributed by atoms with Crippen molar-refractivity contribution in [2.24, 2.45) is 5.73 Å². The molecule has 0 saturated heterocycles. The van der Waals surface area contributed by atoms with Crippen molar-refractivity contribution < 1.29 is 37.6 Å². The Kier molecular flexibility index (Phi) is 41.6. The molecular weight excluding hydrogens is 737 g/mol. The fraction of sp³-hybridized carbons (Fsp3) is 0.745. The smallest absolute Gasteiger partial charge is 0.462 e. The van der Waals surface area contributed by atoms with E-state index in [0.717, 1.165) is 38.5 Å². The summed E-state index contributed by atoms with van der Waals surface area (Å²) in [5.74, 6) is -0.897. The van der Waals surface area contributed by atoms with Crippen LogP contribution < -0.4 is 5.73 Å². The molecule has 3 N–H and O–H groups in total. The first-order valence-electron chi connectivity index (χ1n) is 22.8. The third-order valence-electron chi connectivity index (χ3n) is 9.38. The summed E-state index contributed by atoms with van der Waals surface area (Å²) in [6.45, 7) is 3.64. The summed E-state index contributed by atoms with van der Waals surface area (Å²) in [6, 6.07) is 0. The highest BCUT2D eigenvalue weighted by atomic mass is 31.2. The zero-order valence-corrected chi connectivity index (χ0v) is 37.2. The van der Waals surface area contributed by atoms with Crippen LogP contribution in [-0.4, -0.2) is 49.3 Å². The second-order valence-corrected chi connectivity index (χ2v) is 16.4. The zero-order chi connectivity index (χ0) is 41.8. The van der Waals surface area contributed by atoms with Crippen molar-refractivity contribution in [3.8, 4) is 0 Å². The Morgan fingerprint density at radius 1 is 0.526 bits per heavy atom. The Labute approximate surface area is 349 Å². The number of nitrogens with two attached hydrogens (primary N) is 1. The van der Waals surface area contributed by atoms with Gasteiger partial charge >= 0.3 is 19.8 Å². The summed E-state index contributed by atoms with van der Waals surface area (Å²) in [5, 5.41) is 0. The third kappa shape index (κ3) is 43.1. The number of phosphoric ester groups is 1. The Morgan fingerprint density at radius 2 is 0.930 bits per heavy atom. The van der Waals surface area contributed by atoms with E-state index in [0.29, 0.717) is 12.8 Å². The predicted molar refractivity (Wildman–Crippen MR) is 238 cm³/mol. The molecule has 9 nitrogen and oxygen atoms in total. The standard InChI is InChI=1S/C47H84NO8P/c1-3-5-7-9-11-13-15-17-19-21-22-24-25-27-29-31-33-35-37-39-46(49)53-43-45(44-55-57(51,52)54-42-41-48)56-47(50)40-38-36-34-32-30-28-26-23-20-18-16-14-12-10-8-6-4-2/h12,14,17-20,26,28,32,34,45H,3-11,13,15-16,21-25,27,29-31,33,35-44,48H2,1-2H3,(H,51,52)/b14-12+,19-17+,20-18+,28-26+,34-32+/t45-/m1/s1. The van der Waals surface area contributed by atoms with Crippen molar-refractivity contribution in [3.05, 3.63) is 60.8 Å². The van der Waals surface area contributed by atoms with Crippen LogP contribution in [0.4, 0.5) is 0 Å². The summed E-state index contributed by atoms with van der Waals surface area (Å²) < 4.78 is 32.7. The number of carbonyl (C=O) groups excluding carboxylic acids is 2. The van der Waals surface area contributed by atoms with Gasteiger partial charge in [0, 0.05) is 19.4 Å². The number of unbranched alkanes of at least 4 members (excludes halogenated alkanes) is 19. The Balaban J connectivity index is 4.21. The second kappa shape index (κ2) is 43.3. The van der Waals surface area contributed by atoms with Gasteiger partial charge in [-0.1, -0.05) is 164 Å². The zero-order valence-electron chi connectivity index (χ0n) is 36.3. The third-order valence-corrected chi connectivity index (χ3v) is 10.4. The number of hydrogen-bond acceptors (Lipinski definition) is 8. The van der Waals surface area contributed by atoms with E-state index in [2.05, 4.69) is 68.5 Å². The van der Waals surface area contributed by atoms with Crippen LogP contribution in [0.5, 0.6) is 0 Å². The molecule has 0 heterocycles. The molecule has 0 fully saturated rings. The van der Waals surface area contributed by atoms with Crippen molar-refractivity contribution in [2.75, 3.05) is 26.4 Å². The Morgan fingerprint density at radius 3 is 1.46 bits per heavy atom. The number of hydrogen-bond donors (Lipinski definition) is 2. The summed E-state index contributed by atoms with van der Waals surface area (Å²) in [4.78, 5) is 34.9. The first-order valence-corrected chi connectivity index (χ1v) is 24.3. The molecule has 0 aromatic rings. The van der Waals surface area contributed by atoms with Gasteiger partial charge in [0.05, 0.1) is 13.2 Å². The van der Waals surface area contributed by atoms with Crippen molar-refractivity contribution in [2.45, 2.75) is 200 Å². The van der Waals surface area contributed by atoms with Gasteiger partial charge in [-0.2, -0.15) is 0 Å².